The van der Waals surface area contributed by atoms with Crippen LogP contribution in [0.25, 0.3) is 28.2 Å². The fraction of sp³-hybridized carbons (Fsp3) is 0.107. The summed E-state index contributed by atoms with van der Waals surface area (Å²) in [6, 6.07) is 17.6. The molecule has 0 bridgehead atoms. The maximum atomic E-state index is 14.0. The topological polar surface area (TPSA) is 98.8 Å². The van der Waals surface area contributed by atoms with E-state index >= 15 is 0 Å². The van der Waals surface area contributed by atoms with Crippen LogP contribution in [0.3, 0.4) is 0 Å². The van der Waals surface area contributed by atoms with Crippen LogP contribution in [0.15, 0.2) is 81.5 Å². The summed E-state index contributed by atoms with van der Waals surface area (Å²) in [4.78, 5) is 25.8. The van der Waals surface area contributed by atoms with Gasteiger partial charge in [0.15, 0.2) is 11.5 Å². The molecule has 4 rings (SSSR count). The van der Waals surface area contributed by atoms with E-state index in [1.165, 1.54) is 50.6 Å². The van der Waals surface area contributed by atoms with Gasteiger partial charge in [0.25, 0.3) is 0 Å². The molecule has 0 N–H and O–H groups in total. The summed E-state index contributed by atoms with van der Waals surface area (Å²) >= 11 is 0. The Morgan fingerprint density at radius 1 is 0.974 bits per heavy atom. The van der Waals surface area contributed by atoms with Crippen molar-refractivity contribution < 1.29 is 36.6 Å². The van der Waals surface area contributed by atoms with Crippen LogP contribution in [0, 0.1) is 11.3 Å². The van der Waals surface area contributed by atoms with E-state index in [9.17, 15) is 28.0 Å². The Balaban J connectivity index is 1.79. The highest BCUT2D eigenvalue weighted by molar-refractivity contribution is 5.99. The molecule has 4 aromatic rings. The molecule has 0 aliphatic carbocycles. The lowest BCUT2D eigenvalue weighted by Gasteiger charge is -2.15. The minimum Gasteiger partial charge on any atom is -0.493 e. The second-order valence-corrected chi connectivity index (χ2v) is 7.83. The van der Waals surface area contributed by atoms with Crippen LogP contribution in [0.2, 0.25) is 0 Å². The van der Waals surface area contributed by atoms with Crippen molar-refractivity contribution in [2.75, 3.05) is 14.2 Å². The fourth-order valence-electron chi connectivity index (χ4n) is 3.71. The zero-order valence-electron chi connectivity index (χ0n) is 20.0. The van der Waals surface area contributed by atoms with Gasteiger partial charge in [-0.05, 0) is 41.5 Å². The van der Waals surface area contributed by atoms with Gasteiger partial charge in [-0.1, -0.05) is 36.4 Å². The number of rotatable bonds is 6. The maximum Gasteiger partial charge on any atom is 0.450 e. The zero-order valence-corrected chi connectivity index (χ0v) is 20.0. The molecular formula is C28H18F3NO6. The molecule has 0 fully saturated rings. The molecule has 10 heteroatoms. The number of hydrogen-bond acceptors (Lipinski definition) is 7. The molecule has 38 heavy (non-hydrogen) atoms. The predicted octanol–water partition coefficient (Wildman–Crippen LogP) is 6.01. The number of benzene rings is 3. The molecule has 0 unspecified atom stereocenters. The molecule has 0 aliphatic rings. The van der Waals surface area contributed by atoms with Gasteiger partial charge in [0.1, 0.15) is 23.0 Å². The van der Waals surface area contributed by atoms with Crippen molar-refractivity contribution in [1.29, 1.82) is 5.26 Å². The monoisotopic (exact) mass is 521 g/mol. The van der Waals surface area contributed by atoms with Gasteiger partial charge in [0.2, 0.25) is 11.2 Å². The third-order valence-corrected chi connectivity index (χ3v) is 5.46. The average molecular weight is 521 g/mol. The van der Waals surface area contributed by atoms with Crippen LogP contribution in [0.1, 0.15) is 11.3 Å². The summed E-state index contributed by atoms with van der Waals surface area (Å²) in [7, 11) is 2.68. The van der Waals surface area contributed by atoms with Crippen LogP contribution in [-0.2, 0) is 11.0 Å². The van der Waals surface area contributed by atoms with E-state index in [1.54, 1.807) is 36.4 Å². The molecule has 0 aliphatic heterocycles. The summed E-state index contributed by atoms with van der Waals surface area (Å²) in [5.41, 5.74) is -1.98. The van der Waals surface area contributed by atoms with Crippen LogP contribution in [0.5, 0.6) is 17.2 Å². The highest BCUT2D eigenvalue weighted by atomic mass is 19.4. The number of alkyl halides is 3. The van der Waals surface area contributed by atoms with E-state index < -0.39 is 34.5 Å². The number of ether oxygens (including phenoxy) is 3. The minimum absolute atomic E-state index is 0.0918. The molecule has 0 spiro atoms. The van der Waals surface area contributed by atoms with Gasteiger partial charge in [0.05, 0.1) is 25.2 Å². The standard InChI is InChI=1S/C28H18F3NO6/c1-35-21-11-8-17(13-23(21)36-2)24-25(33)20-10-9-19(14-22(20)38-26(24)28(29,30)31)37-27(34)18(15-32)12-16-6-4-3-5-7-16/h3-14H,1-2H3. The maximum absolute atomic E-state index is 14.0. The van der Waals surface area contributed by atoms with Crippen LogP contribution >= 0.6 is 0 Å². The third kappa shape index (κ3) is 5.22. The Hall–Kier alpha value is -5.04. The summed E-state index contributed by atoms with van der Waals surface area (Å²) in [6.07, 6.45) is -3.73. The molecular weight excluding hydrogens is 503 g/mol. The highest BCUT2D eigenvalue weighted by Crippen LogP contribution is 2.40. The SMILES string of the molecule is COc1ccc(-c2c(C(F)(F)F)oc3cc(OC(=O)C(C#N)=Cc4ccccc4)ccc3c2=O)cc1OC. The molecule has 7 nitrogen and oxygen atoms in total. The van der Waals surface area contributed by atoms with Crippen molar-refractivity contribution >= 4 is 23.0 Å². The number of carbonyl (C=O) groups excluding carboxylic acids is 1. The van der Waals surface area contributed by atoms with E-state index in [4.69, 9.17) is 18.6 Å². The molecule has 0 saturated carbocycles. The first-order chi connectivity index (χ1) is 18.2. The van der Waals surface area contributed by atoms with Gasteiger partial charge in [0, 0.05) is 6.07 Å². The molecule has 0 amide bonds. The van der Waals surface area contributed by atoms with Crippen LogP contribution < -0.4 is 19.6 Å². The Kier molecular flexibility index (Phi) is 7.21. The minimum atomic E-state index is -5.03. The van der Waals surface area contributed by atoms with E-state index in [0.29, 0.717) is 5.56 Å². The molecule has 0 radical (unpaired) electrons. The van der Waals surface area contributed by atoms with Crippen molar-refractivity contribution in [3.63, 3.8) is 0 Å². The number of fused-ring (bicyclic) bond motifs is 1. The van der Waals surface area contributed by atoms with Crippen molar-refractivity contribution in [2.45, 2.75) is 6.18 Å². The van der Waals surface area contributed by atoms with E-state index in [-0.39, 0.29) is 33.8 Å². The van der Waals surface area contributed by atoms with Gasteiger partial charge in [-0.15, -0.1) is 0 Å². The van der Waals surface area contributed by atoms with Gasteiger partial charge in [-0.2, -0.15) is 18.4 Å². The number of methoxy groups -OCH3 is 2. The normalized spacial score (nSPS) is 11.6. The van der Waals surface area contributed by atoms with E-state index in [1.807, 2.05) is 0 Å². The molecule has 0 saturated heterocycles. The van der Waals surface area contributed by atoms with Crippen molar-refractivity contribution in [2.24, 2.45) is 0 Å². The molecule has 0 atom stereocenters. The second kappa shape index (κ2) is 10.5. The highest BCUT2D eigenvalue weighted by Gasteiger charge is 2.39. The predicted molar refractivity (Wildman–Crippen MR) is 132 cm³/mol. The van der Waals surface area contributed by atoms with E-state index in [0.717, 1.165) is 6.07 Å². The first-order valence-corrected chi connectivity index (χ1v) is 11.0. The summed E-state index contributed by atoms with van der Waals surface area (Å²) < 4.78 is 62.7. The van der Waals surface area contributed by atoms with Crippen molar-refractivity contribution in [1.82, 2.24) is 0 Å². The first kappa shape index (κ1) is 26.0. The number of esters is 1. The Labute approximate surface area is 213 Å². The van der Waals surface area contributed by atoms with Gasteiger partial charge < -0.3 is 18.6 Å². The smallest absolute Gasteiger partial charge is 0.450 e. The quantitative estimate of drug-likeness (QED) is 0.133. The molecule has 3 aromatic carbocycles. The van der Waals surface area contributed by atoms with Gasteiger partial charge in [-0.25, -0.2) is 4.79 Å². The zero-order chi connectivity index (χ0) is 27.4. The van der Waals surface area contributed by atoms with Crippen LogP contribution in [0.4, 0.5) is 13.2 Å². The second-order valence-electron chi connectivity index (χ2n) is 7.83. The summed E-state index contributed by atoms with van der Waals surface area (Å²) in [6.45, 7) is 0. The Morgan fingerprint density at radius 2 is 1.68 bits per heavy atom. The number of carbonyl (C=O) groups is 1. The number of hydrogen-bond donors (Lipinski definition) is 0. The van der Waals surface area contributed by atoms with Crippen LogP contribution in [-0.4, -0.2) is 20.2 Å². The summed E-state index contributed by atoms with van der Waals surface area (Å²) in [5, 5.41) is 9.18. The Bertz CT molecular complexity index is 1650. The number of nitrogens with zero attached hydrogens (tertiary/aromatic N) is 1. The number of halogens is 3. The number of nitriles is 1. The first-order valence-electron chi connectivity index (χ1n) is 11.0. The molecule has 1 aromatic heterocycles. The summed E-state index contributed by atoms with van der Waals surface area (Å²) in [5.74, 6) is -2.40. The van der Waals surface area contributed by atoms with E-state index in [2.05, 4.69) is 0 Å². The molecule has 1 heterocycles. The lowest BCUT2D eigenvalue weighted by molar-refractivity contribution is -0.152. The van der Waals surface area contributed by atoms with Gasteiger partial charge in [-0.3, -0.25) is 4.79 Å². The van der Waals surface area contributed by atoms with Gasteiger partial charge >= 0.3 is 12.1 Å². The van der Waals surface area contributed by atoms with Crippen molar-refractivity contribution in [3.05, 3.63) is 93.9 Å². The lowest BCUT2D eigenvalue weighted by Crippen LogP contribution is -2.16. The molecule has 192 valence electrons. The van der Waals surface area contributed by atoms with Crippen molar-refractivity contribution in [3.8, 4) is 34.4 Å². The Morgan fingerprint density at radius 3 is 2.32 bits per heavy atom. The third-order valence-electron chi connectivity index (χ3n) is 5.46. The lowest BCUT2D eigenvalue weighted by atomic mass is 10.0. The largest absolute Gasteiger partial charge is 0.493 e. The fourth-order valence-corrected chi connectivity index (χ4v) is 3.71. The average Bonchev–Trinajstić information content (AvgIpc) is 2.91.